The number of esters is 1. The van der Waals surface area contributed by atoms with E-state index >= 15 is 0 Å². The maximum atomic E-state index is 11.1. The quantitative estimate of drug-likeness (QED) is 0.286. The molecule has 0 aromatic carbocycles. The van der Waals surface area contributed by atoms with Crippen LogP contribution in [-0.2, 0) is 14.0 Å². The molecule has 136 valence electrons. The van der Waals surface area contributed by atoms with Crippen LogP contribution in [0.5, 0.6) is 0 Å². The Kier molecular flexibility index (Phi) is 10.6. The van der Waals surface area contributed by atoms with Gasteiger partial charge in [-0.05, 0) is 57.0 Å². The van der Waals surface area contributed by atoms with Crippen LogP contribution in [0.15, 0.2) is 0 Å². The Morgan fingerprint density at radius 1 is 1.13 bits per heavy atom. The van der Waals surface area contributed by atoms with E-state index in [2.05, 4.69) is 24.4 Å². The first-order chi connectivity index (χ1) is 10.9. The molecular weight excluding hydrogens is 324 g/mol. The van der Waals surface area contributed by atoms with Crippen molar-refractivity contribution in [1.29, 1.82) is 0 Å². The average Bonchev–Trinajstić information content (AvgIpc) is 2.52. The molecule has 0 N–H and O–H groups in total. The molecule has 1 rings (SSSR count). The van der Waals surface area contributed by atoms with Crippen LogP contribution in [0.1, 0.15) is 57.8 Å². The molecule has 1 unspecified atom stereocenters. The lowest BCUT2D eigenvalue weighted by atomic mass is 9.86. The molecule has 1 atom stereocenters. The van der Waals surface area contributed by atoms with Crippen molar-refractivity contribution in [3.05, 3.63) is 0 Å². The van der Waals surface area contributed by atoms with E-state index in [1.165, 1.54) is 51.4 Å². The molecule has 0 aromatic heterocycles. The molecule has 0 spiro atoms. The Morgan fingerprint density at radius 3 is 2.43 bits per heavy atom. The lowest BCUT2D eigenvalue weighted by molar-refractivity contribution is -0.140. The number of unbranched alkanes of at least 4 members (excludes halogenated alkanes) is 2. The molecular formula is C18H36O3SSi. The third kappa shape index (κ3) is 10.5. The Balaban J connectivity index is 2.21. The van der Waals surface area contributed by atoms with E-state index < -0.39 is 8.32 Å². The van der Waals surface area contributed by atoms with E-state index in [0.717, 1.165) is 24.5 Å². The summed E-state index contributed by atoms with van der Waals surface area (Å²) >= 11 is 2.04. The number of carbonyl (C=O) groups excluding carboxylic acids is 1. The summed E-state index contributed by atoms with van der Waals surface area (Å²) in [6.45, 7) is 6.92. The zero-order valence-corrected chi connectivity index (χ0v) is 17.4. The molecule has 1 saturated carbocycles. The lowest BCUT2D eigenvalue weighted by Gasteiger charge is -2.34. The van der Waals surface area contributed by atoms with Gasteiger partial charge in [0.05, 0.1) is 13.2 Å². The van der Waals surface area contributed by atoms with Crippen molar-refractivity contribution >= 4 is 26.0 Å². The first-order valence-electron chi connectivity index (χ1n) is 9.25. The molecule has 1 aliphatic rings. The maximum absolute atomic E-state index is 11.1. The zero-order valence-electron chi connectivity index (χ0n) is 15.6. The van der Waals surface area contributed by atoms with Crippen LogP contribution < -0.4 is 0 Å². The first kappa shape index (κ1) is 21.0. The second kappa shape index (κ2) is 11.5. The van der Waals surface area contributed by atoms with Crippen LogP contribution in [0.3, 0.4) is 0 Å². The topological polar surface area (TPSA) is 35.5 Å². The van der Waals surface area contributed by atoms with Crippen LogP contribution >= 0.6 is 11.8 Å². The summed E-state index contributed by atoms with van der Waals surface area (Å²) in [5.41, 5.74) is 0. The molecule has 1 fully saturated rings. The van der Waals surface area contributed by atoms with Crippen LogP contribution in [0.4, 0.5) is 0 Å². The van der Waals surface area contributed by atoms with Gasteiger partial charge in [-0.15, -0.1) is 0 Å². The highest BCUT2D eigenvalue weighted by Crippen LogP contribution is 2.31. The summed E-state index contributed by atoms with van der Waals surface area (Å²) in [5, 5.41) is 0. The van der Waals surface area contributed by atoms with Crippen molar-refractivity contribution < 1.29 is 14.0 Å². The van der Waals surface area contributed by atoms with Gasteiger partial charge in [-0.2, -0.15) is 11.8 Å². The molecule has 0 saturated heterocycles. The fourth-order valence-corrected chi connectivity index (χ4v) is 5.63. The number of rotatable bonds is 11. The highest BCUT2D eigenvalue weighted by atomic mass is 32.2. The van der Waals surface area contributed by atoms with Gasteiger partial charge in [0.1, 0.15) is 0 Å². The molecule has 5 heteroatoms. The molecule has 23 heavy (non-hydrogen) atoms. The van der Waals surface area contributed by atoms with Gasteiger partial charge in [0.15, 0.2) is 8.32 Å². The number of ether oxygens (including phenoxy) is 1. The normalized spacial score (nSPS) is 17.9. The minimum atomic E-state index is -1.47. The van der Waals surface area contributed by atoms with Crippen LogP contribution in [-0.4, -0.2) is 39.0 Å². The van der Waals surface area contributed by atoms with Crippen molar-refractivity contribution in [2.75, 3.05) is 18.6 Å². The standard InChI is InChI=1S/C18H36O3SSi/c1-20-18(19)13-9-6-10-14-22-15-17(21-23(2,3)4)16-11-7-5-8-12-16/h16-17H,5-15H2,1-4H3. The van der Waals surface area contributed by atoms with E-state index in [4.69, 9.17) is 4.43 Å². The van der Waals surface area contributed by atoms with Crippen LogP contribution in [0.2, 0.25) is 19.6 Å². The zero-order chi connectivity index (χ0) is 17.1. The van der Waals surface area contributed by atoms with Gasteiger partial charge >= 0.3 is 5.97 Å². The number of hydrogen-bond acceptors (Lipinski definition) is 4. The summed E-state index contributed by atoms with van der Waals surface area (Å²) < 4.78 is 11.2. The van der Waals surface area contributed by atoms with Gasteiger partial charge in [-0.3, -0.25) is 4.79 Å². The van der Waals surface area contributed by atoms with Crippen molar-refractivity contribution in [3.63, 3.8) is 0 Å². The summed E-state index contributed by atoms with van der Waals surface area (Å²) in [6, 6.07) is 0. The predicted molar refractivity (Wildman–Crippen MR) is 103 cm³/mol. The van der Waals surface area contributed by atoms with Gasteiger partial charge in [-0.1, -0.05) is 25.7 Å². The fourth-order valence-electron chi connectivity index (χ4n) is 3.18. The number of carbonyl (C=O) groups is 1. The van der Waals surface area contributed by atoms with Crippen LogP contribution in [0.25, 0.3) is 0 Å². The molecule has 0 bridgehead atoms. The summed E-state index contributed by atoms with van der Waals surface area (Å²) in [7, 11) is -0.00657. The van der Waals surface area contributed by atoms with E-state index in [1.54, 1.807) is 0 Å². The third-order valence-electron chi connectivity index (χ3n) is 4.36. The van der Waals surface area contributed by atoms with Crippen LogP contribution in [0, 0.1) is 5.92 Å². The first-order valence-corrected chi connectivity index (χ1v) is 13.8. The Morgan fingerprint density at radius 2 is 1.83 bits per heavy atom. The SMILES string of the molecule is COC(=O)CCCCCSCC(O[Si](C)(C)C)C1CCCCC1. The second-order valence-electron chi connectivity index (χ2n) is 7.63. The molecule has 0 amide bonds. The predicted octanol–water partition coefficient (Wildman–Crippen LogP) is 5.25. The summed E-state index contributed by atoms with van der Waals surface area (Å²) in [6.07, 6.45) is 11.2. The molecule has 1 aliphatic carbocycles. The smallest absolute Gasteiger partial charge is 0.305 e. The lowest BCUT2D eigenvalue weighted by Crippen LogP contribution is -2.38. The largest absolute Gasteiger partial charge is 0.469 e. The third-order valence-corrected chi connectivity index (χ3v) is 6.51. The van der Waals surface area contributed by atoms with E-state index in [9.17, 15) is 4.79 Å². The molecule has 0 radical (unpaired) electrons. The molecule has 3 nitrogen and oxygen atoms in total. The minimum Gasteiger partial charge on any atom is -0.469 e. The van der Waals surface area contributed by atoms with E-state index in [-0.39, 0.29) is 5.97 Å². The van der Waals surface area contributed by atoms with Crippen molar-refractivity contribution in [2.45, 2.75) is 83.5 Å². The number of methoxy groups -OCH3 is 1. The van der Waals surface area contributed by atoms with Gasteiger partial charge in [0.2, 0.25) is 0 Å². The molecule has 0 heterocycles. The Hall–Kier alpha value is -0.00312. The van der Waals surface area contributed by atoms with E-state index in [0.29, 0.717) is 12.5 Å². The number of thioether (sulfide) groups is 1. The fraction of sp³-hybridized carbons (Fsp3) is 0.944. The van der Waals surface area contributed by atoms with Crippen molar-refractivity contribution in [3.8, 4) is 0 Å². The van der Waals surface area contributed by atoms with Crippen molar-refractivity contribution in [1.82, 2.24) is 0 Å². The highest BCUT2D eigenvalue weighted by molar-refractivity contribution is 7.99. The van der Waals surface area contributed by atoms with Gasteiger partial charge in [-0.25, -0.2) is 0 Å². The number of hydrogen-bond donors (Lipinski definition) is 0. The second-order valence-corrected chi connectivity index (χ2v) is 13.2. The molecule has 0 aromatic rings. The Labute approximate surface area is 148 Å². The monoisotopic (exact) mass is 360 g/mol. The Bertz CT molecular complexity index is 325. The highest BCUT2D eigenvalue weighted by Gasteiger charge is 2.28. The van der Waals surface area contributed by atoms with Gasteiger partial charge < -0.3 is 9.16 Å². The molecule has 0 aliphatic heterocycles. The van der Waals surface area contributed by atoms with Gasteiger partial charge in [0, 0.05) is 12.2 Å². The summed E-state index contributed by atoms with van der Waals surface area (Å²) in [5.74, 6) is 3.02. The maximum Gasteiger partial charge on any atom is 0.305 e. The summed E-state index contributed by atoms with van der Waals surface area (Å²) in [4.78, 5) is 11.1. The van der Waals surface area contributed by atoms with Gasteiger partial charge in [0.25, 0.3) is 0 Å². The van der Waals surface area contributed by atoms with E-state index in [1.807, 2.05) is 11.8 Å². The minimum absolute atomic E-state index is 0.0847. The van der Waals surface area contributed by atoms with Crippen molar-refractivity contribution in [2.24, 2.45) is 5.92 Å². The average molecular weight is 361 g/mol.